The van der Waals surface area contributed by atoms with Gasteiger partial charge >= 0.3 is 44.8 Å². The Morgan fingerprint density at radius 1 is 0.775 bits per heavy atom. The third-order valence-electron chi connectivity index (χ3n) is 5.66. The van der Waals surface area contributed by atoms with Gasteiger partial charge in [-0.3, -0.25) is 9.79 Å². The standard InChI is InChI=1S/C18H15P.C10H10N2O.C5H5.ClH.Fe.Pd/c1-4-10-16(11-5-1)19(17-12-6-2-7-13-17)18-14-8-3-9-15-18;1-8(13)12-7-6-11-10(12)9-4-2-3-5-9;1-2-4-5-3-1;;;/h1-15H;2-4H,6-7H2,1H3;1-5H;1H;;/q;-1;;;2*+2/p-1. The minimum atomic E-state index is -0.446. The molecule has 1 amide bonds. The zero-order chi connectivity index (χ0) is 27.7. The van der Waals surface area contributed by atoms with Crippen LogP contribution in [0.2, 0.25) is 0 Å². The van der Waals surface area contributed by atoms with Crippen LogP contribution in [0.4, 0.5) is 0 Å². The fraction of sp³-hybridized carbons (Fsp3) is 0.0909. The first-order valence-electron chi connectivity index (χ1n) is 12.4. The first-order chi connectivity index (χ1) is 19.2. The number of nitrogens with zero attached hydrogens (tertiary/aromatic N) is 2. The zero-order valence-corrected chi connectivity index (χ0v) is 26.3. The van der Waals surface area contributed by atoms with E-state index in [1.807, 2.05) is 51.4 Å². The molecule has 0 atom stereocenters. The number of carbonyl (C=O) groups is 1. The van der Waals surface area contributed by atoms with E-state index in [0.717, 1.165) is 11.8 Å². The van der Waals surface area contributed by atoms with Crippen LogP contribution in [0.1, 0.15) is 6.92 Å². The summed E-state index contributed by atoms with van der Waals surface area (Å²) in [6.45, 7) is 2.96. The van der Waals surface area contributed by atoms with Crippen molar-refractivity contribution in [2.75, 3.05) is 13.1 Å². The minimum absolute atomic E-state index is 0. The van der Waals surface area contributed by atoms with Gasteiger partial charge in [-0.2, -0.15) is 0 Å². The molecule has 0 bridgehead atoms. The van der Waals surface area contributed by atoms with Crippen molar-refractivity contribution in [3.05, 3.63) is 155 Å². The van der Waals surface area contributed by atoms with E-state index in [1.165, 1.54) is 15.9 Å². The van der Waals surface area contributed by atoms with Gasteiger partial charge in [-0.15, -0.1) is 5.92 Å². The summed E-state index contributed by atoms with van der Waals surface area (Å²) in [4.78, 5) is 17.1. The number of rotatable bonds is 4. The van der Waals surface area contributed by atoms with E-state index in [-0.39, 0.29) is 23.0 Å². The number of carbonyl (C=O) groups excluding carboxylic acids is 1. The van der Waals surface area contributed by atoms with Gasteiger partial charge in [0.15, 0.2) is 0 Å². The minimum Gasteiger partial charge on any atom is -0.0622 e. The number of aliphatic imine (C=N–C) groups is 1. The van der Waals surface area contributed by atoms with Gasteiger partial charge in [0.25, 0.3) is 0 Å². The smallest absolute Gasteiger partial charge is 0.0622 e. The molecule has 0 spiro atoms. The number of hydrogen-bond acceptors (Lipinski definition) is 2. The molecule has 3 nitrogen and oxygen atoms in total. The Kier molecular flexibility index (Phi) is 17.9. The fourth-order valence-corrected chi connectivity index (χ4v) is 6.26. The first-order valence-corrected chi connectivity index (χ1v) is 15.8. The SMILES string of the molecule is CC(=O)N1CCN=C1[C]1[C-][CH][CH][CH]1.[CH]1[CH][CH][CH][CH]1.[Cl][Pd+].[Fe+2].c1ccc(P(c2ccccc2)c2ccccc2)cc1. The van der Waals surface area contributed by atoms with Crippen molar-refractivity contribution in [1.29, 1.82) is 0 Å². The molecular formula is C33H30ClFeN2OPPd+2. The summed E-state index contributed by atoms with van der Waals surface area (Å²) < 4.78 is 0. The van der Waals surface area contributed by atoms with Gasteiger partial charge in [0.1, 0.15) is 0 Å². The average molecular weight is 699 g/mol. The zero-order valence-electron chi connectivity index (χ0n) is 22.0. The molecule has 0 N–H and O–H groups in total. The molecule has 3 aromatic rings. The summed E-state index contributed by atoms with van der Waals surface area (Å²) in [6, 6.07) is 32.3. The second kappa shape index (κ2) is 20.6. The summed E-state index contributed by atoms with van der Waals surface area (Å²) in [5.41, 5.74) is 0. The van der Waals surface area contributed by atoms with E-state index in [0.29, 0.717) is 13.1 Å². The Labute approximate surface area is 268 Å². The topological polar surface area (TPSA) is 32.7 Å². The van der Waals surface area contributed by atoms with Crippen molar-refractivity contribution in [1.82, 2.24) is 4.90 Å². The van der Waals surface area contributed by atoms with Crippen LogP contribution in [0.25, 0.3) is 0 Å². The van der Waals surface area contributed by atoms with Crippen molar-refractivity contribution in [3.63, 3.8) is 0 Å². The molecule has 2 aliphatic carbocycles. The molecule has 3 aromatic carbocycles. The molecule has 6 rings (SSSR count). The Bertz CT molecular complexity index is 1010. The van der Waals surface area contributed by atoms with Crippen LogP contribution in [0.5, 0.6) is 0 Å². The van der Waals surface area contributed by atoms with Gasteiger partial charge in [0, 0.05) is 13.5 Å². The molecule has 10 radical (unpaired) electrons. The number of amides is 1. The van der Waals surface area contributed by atoms with Crippen LogP contribution in [-0.2, 0) is 40.0 Å². The van der Waals surface area contributed by atoms with Gasteiger partial charge in [-0.1, -0.05) is 104 Å². The monoisotopic (exact) mass is 698 g/mol. The molecule has 40 heavy (non-hydrogen) atoms. The predicted octanol–water partition coefficient (Wildman–Crippen LogP) is 5.68. The molecule has 206 valence electrons. The number of amidine groups is 1. The molecular weight excluding hydrogens is 669 g/mol. The second-order valence-corrected chi connectivity index (χ2v) is 10.5. The largest absolute Gasteiger partial charge is 2.00 e. The van der Waals surface area contributed by atoms with Crippen molar-refractivity contribution in [2.24, 2.45) is 4.99 Å². The average Bonchev–Trinajstić information content (AvgIpc) is 3.81. The molecule has 3 aliphatic rings. The summed E-state index contributed by atoms with van der Waals surface area (Å²) >= 11 is 2.22. The summed E-state index contributed by atoms with van der Waals surface area (Å²) in [6.07, 6.45) is 18.7. The van der Waals surface area contributed by atoms with Gasteiger partial charge in [0.05, 0.1) is 12.4 Å². The Hall–Kier alpha value is -1.30. The number of hydrogen-bond donors (Lipinski definition) is 0. The molecule has 0 saturated heterocycles. The van der Waals surface area contributed by atoms with E-state index >= 15 is 0 Å². The molecule has 1 heterocycles. The summed E-state index contributed by atoms with van der Waals surface area (Å²) in [5, 5.41) is 4.19. The van der Waals surface area contributed by atoms with Crippen LogP contribution < -0.4 is 15.9 Å². The molecule has 2 saturated carbocycles. The van der Waals surface area contributed by atoms with Crippen LogP contribution in [-0.4, -0.2) is 29.7 Å². The van der Waals surface area contributed by atoms with E-state index < -0.39 is 7.92 Å². The second-order valence-electron chi connectivity index (χ2n) is 8.26. The van der Waals surface area contributed by atoms with Crippen LogP contribution in [0.3, 0.4) is 0 Å². The van der Waals surface area contributed by atoms with Crippen molar-refractivity contribution in [2.45, 2.75) is 6.92 Å². The van der Waals surface area contributed by atoms with Crippen LogP contribution >= 0.6 is 17.5 Å². The molecule has 2 fully saturated rings. The molecule has 0 unspecified atom stereocenters. The number of benzene rings is 3. The van der Waals surface area contributed by atoms with E-state index in [1.54, 1.807) is 11.8 Å². The van der Waals surface area contributed by atoms with Crippen molar-refractivity contribution >= 4 is 45.1 Å². The normalized spacial score (nSPS) is 15.9. The Morgan fingerprint density at radius 2 is 1.20 bits per heavy atom. The van der Waals surface area contributed by atoms with Gasteiger partial charge in [0.2, 0.25) is 5.91 Å². The maximum Gasteiger partial charge on any atom is 2.00 e. The maximum atomic E-state index is 11.2. The van der Waals surface area contributed by atoms with Gasteiger partial charge < -0.3 is 11.3 Å². The Morgan fingerprint density at radius 3 is 1.55 bits per heavy atom. The fourth-order valence-electron chi connectivity index (χ4n) is 3.95. The summed E-state index contributed by atoms with van der Waals surface area (Å²) in [7, 11) is 4.04. The maximum absolute atomic E-state index is 11.2. The molecule has 1 aliphatic heterocycles. The Balaban J connectivity index is 0.000000231. The van der Waals surface area contributed by atoms with Crippen LogP contribution in [0, 0.1) is 63.7 Å². The van der Waals surface area contributed by atoms with E-state index in [9.17, 15) is 4.79 Å². The van der Waals surface area contributed by atoms with E-state index in [2.05, 4.69) is 130 Å². The first kappa shape index (κ1) is 34.9. The van der Waals surface area contributed by atoms with Crippen molar-refractivity contribution in [3.8, 4) is 0 Å². The number of halogens is 1. The molecule has 7 heteroatoms. The van der Waals surface area contributed by atoms with Crippen molar-refractivity contribution < 1.29 is 40.0 Å². The van der Waals surface area contributed by atoms with E-state index in [4.69, 9.17) is 0 Å². The van der Waals surface area contributed by atoms with Gasteiger partial charge in [-0.25, -0.2) is 6.42 Å². The predicted molar refractivity (Wildman–Crippen MR) is 162 cm³/mol. The van der Waals surface area contributed by atoms with Crippen LogP contribution in [0.15, 0.2) is 96.0 Å². The third kappa shape index (κ3) is 11.2. The third-order valence-corrected chi connectivity index (χ3v) is 8.10. The summed E-state index contributed by atoms with van der Waals surface area (Å²) in [5.74, 6) is 1.72. The van der Waals surface area contributed by atoms with Gasteiger partial charge in [-0.05, 0) is 55.9 Å². The molecule has 0 aromatic heterocycles. The quantitative estimate of drug-likeness (QED) is 0.196.